The standard InChI is InChI=1S/C25H31FN4O3S2.ClH/c1-28(2)16-17-30(25-27-23-21(26)10-7-11-22(23)34-25)24(31)18-12-14-20(15-13-18)35(32,33)29(3)19-8-5-4-6-9-19;/h7,10-15,19H,4-6,8-9,16-17H2,1-3H3;1H. The Morgan fingerprint density at radius 2 is 1.69 bits per heavy atom. The Bertz CT molecular complexity index is 1290. The molecule has 7 nitrogen and oxygen atoms in total. The molecule has 0 bridgehead atoms. The minimum absolute atomic E-state index is 0. The van der Waals surface area contributed by atoms with E-state index in [9.17, 15) is 17.6 Å². The first-order valence-electron chi connectivity index (χ1n) is 11.8. The Balaban J connectivity index is 0.00000361. The summed E-state index contributed by atoms with van der Waals surface area (Å²) in [6.07, 6.45) is 4.96. The zero-order valence-electron chi connectivity index (χ0n) is 20.7. The number of likely N-dealkylation sites (N-methyl/N-ethyl adjacent to an activating group) is 1. The molecule has 0 saturated heterocycles. The van der Waals surface area contributed by atoms with Crippen molar-refractivity contribution in [2.45, 2.75) is 43.0 Å². The van der Waals surface area contributed by atoms with Crippen molar-refractivity contribution in [3.05, 3.63) is 53.8 Å². The first kappa shape index (κ1) is 28.5. The molecule has 1 aromatic heterocycles. The lowest BCUT2D eigenvalue weighted by Gasteiger charge is -2.30. The van der Waals surface area contributed by atoms with Gasteiger partial charge in [0.2, 0.25) is 10.0 Å². The molecule has 2 aromatic carbocycles. The van der Waals surface area contributed by atoms with E-state index in [1.165, 1.54) is 38.7 Å². The van der Waals surface area contributed by atoms with E-state index in [0.717, 1.165) is 32.1 Å². The fourth-order valence-corrected chi connectivity index (χ4v) is 6.76. The van der Waals surface area contributed by atoms with Gasteiger partial charge in [-0.15, -0.1) is 12.4 Å². The zero-order chi connectivity index (χ0) is 25.2. The topological polar surface area (TPSA) is 73.8 Å². The molecule has 0 atom stereocenters. The number of carbonyl (C=O) groups excluding carboxylic acids is 1. The van der Waals surface area contributed by atoms with Crippen molar-refractivity contribution in [2.24, 2.45) is 0 Å². The van der Waals surface area contributed by atoms with Crippen molar-refractivity contribution >= 4 is 55.0 Å². The maximum atomic E-state index is 14.2. The zero-order valence-corrected chi connectivity index (χ0v) is 23.1. The molecule has 0 N–H and O–H groups in total. The number of nitrogens with zero attached hydrogens (tertiary/aromatic N) is 4. The summed E-state index contributed by atoms with van der Waals surface area (Å²) >= 11 is 1.25. The molecular formula is C25H32ClFN4O3S2. The Morgan fingerprint density at radius 1 is 1.03 bits per heavy atom. The lowest BCUT2D eigenvalue weighted by Crippen LogP contribution is -2.38. The molecule has 0 unspecified atom stereocenters. The molecule has 0 spiro atoms. The normalized spacial score (nSPS) is 14.8. The number of para-hydroxylation sites is 1. The molecule has 0 radical (unpaired) electrons. The van der Waals surface area contributed by atoms with Crippen LogP contribution in [0, 0.1) is 5.82 Å². The van der Waals surface area contributed by atoms with Gasteiger partial charge in [0.1, 0.15) is 11.3 Å². The number of hydrogen-bond acceptors (Lipinski definition) is 6. The second kappa shape index (κ2) is 12.0. The van der Waals surface area contributed by atoms with Gasteiger partial charge in [-0.05, 0) is 63.3 Å². The highest BCUT2D eigenvalue weighted by Gasteiger charge is 2.29. The highest BCUT2D eigenvalue weighted by Crippen LogP contribution is 2.31. The third kappa shape index (κ3) is 6.06. The van der Waals surface area contributed by atoms with Gasteiger partial charge in [0, 0.05) is 31.7 Å². The van der Waals surface area contributed by atoms with Crippen LogP contribution in [0.2, 0.25) is 0 Å². The van der Waals surface area contributed by atoms with E-state index in [0.29, 0.717) is 28.5 Å². The van der Waals surface area contributed by atoms with Crippen LogP contribution in [0.25, 0.3) is 10.2 Å². The summed E-state index contributed by atoms with van der Waals surface area (Å²) in [5.74, 6) is -0.738. The molecule has 1 heterocycles. The summed E-state index contributed by atoms with van der Waals surface area (Å²) in [4.78, 5) is 21.5. The van der Waals surface area contributed by atoms with E-state index >= 15 is 0 Å². The summed E-state index contributed by atoms with van der Waals surface area (Å²) in [7, 11) is 1.80. The smallest absolute Gasteiger partial charge is 0.260 e. The van der Waals surface area contributed by atoms with Gasteiger partial charge < -0.3 is 4.90 Å². The number of carbonyl (C=O) groups is 1. The second-order valence-corrected chi connectivity index (χ2v) is 12.2. The number of sulfonamides is 1. The summed E-state index contributed by atoms with van der Waals surface area (Å²) < 4.78 is 42.7. The van der Waals surface area contributed by atoms with E-state index in [4.69, 9.17) is 0 Å². The van der Waals surface area contributed by atoms with Crippen molar-refractivity contribution in [1.29, 1.82) is 0 Å². The number of benzene rings is 2. The average molecular weight is 555 g/mol. The molecule has 1 saturated carbocycles. The molecule has 0 aliphatic heterocycles. The van der Waals surface area contributed by atoms with Crippen LogP contribution in [0.4, 0.5) is 9.52 Å². The Labute approximate surface area is 222 Å². The Morgan fingerprint density at radius 3 is 2.31 bits per heavy atom. The fraction of sp³-hybridized carbons (Fsp3) is 0.440. The van der Waals surface area contributed by atoms with Gasteiger partial charge in [-0.25, -0.2) is 17.8 Å². The summed E-state index contributed by atoms with van der Waals surface area (Å²) in [5.41, 5.74) is 0.588. The lowest BCUT2D eigenvalue weighted by molar-refractivity contribution is 0.0985. The van der Waals surface area contributed by atoms with Crippen molar-refractivity contribution in [1.82, 2.24) is 14.2 Å². The quantitative estimate of drug-likeness (QED) is 0.391. The molecule has 196 valence electrons. The predicted octanol–water partition coefficient (Wildman–Crippen LogP) is 5.02. The largest absolute Gasteiger partial charge is 0.308 e. The van der Waals surface area contributed by atoms with E-state index in [1.54, 1.807) is 31.3 Å². The van der Waals surface area contributed by atoms with Gasteiger partial charge in [-0.2, -0.15) is 4.31 Å². The molecule has 36 heavy (non-hydrogen) atoms. The molecule has 4 rings (SSSR count). The molecule has 1 fully saturated rings. The van der Waals surface area contributed by atoms with E-state index in [1.807, 2.05) is 19.0 Å². The summed E-state index contributed by atoms with van der Waals surface area (Å²) in [6.45, 7) is 0.945. The Kier molecular flexibility index (Phi) is 9.45. The van der Waals surface area contributed by atoms with Gasteiger partial charge >= 0.3 is 0 Å². The van der Waals surface area contributed by atoms with Crippen molar-refractivity contribution in [3.63, 3.8) is 0 Å². The Hall–Kier alpha value is -2.11. The number of fused-ring (bicyclic) bond motifs is 1. The van der Waals surface area contributed by atoms with E-state index in [2.05, 4.69) is 4.98 Å². The number of aromatic nitrogens is 1. The number of rotatable bonds is 8. The highest BCUT2D eigenvalue weighted by molar-refractivity contribution is 7.89. The van der Waals surface area contributed by atoms with Gasteiger partial charge in [-0.1, -0.05) is 36.7 Å². The van der Waals surface area contributed by atoms with Gasteiger partial charge in [-0.3, -0.25) is 9.69 Å². The van der Waals surface area contributed by atoms with Gasteiger partial charge in [0.15, 0.2) is 5.13 Å². The van der Waals surface area contributed by atoms with Crippen LogP contribution in [0.3, 0.4) is 0 Å². The van der Waals surface area contributed by atoms with Crippen LogP contribution in [0.1, 0.15) is 42.5 Å². The van der Waals surface area contributed by atoms with E-state index < -0.39 is 15.8 Å². The maximum Gasteiger partial charge on any atom is 0.260 e. The van der Waals surface area contributed by atoms with Crippen LogP contribution in [0.5, 0.6) is 0 Å². The van der Waals surface area contributed by atoms with Crippen molar-refractivity contribution in [2.75, 3.05) is 39.1 Å². The number of thiazole rings is 1. The van der Waals surface area contributed by atoms with Gasteiger partial charge in [0.25, 0.3) is 5.91 Å². The molecule has 1 amide bonds. The maximum absolute atomic E-state index is 14.2. The van der Waals surface area contributed by atoms with Crippen LogP contribution in [-0.4, -0.2) is 68.8 Å². The predicted molar refractivity (Wildman–Crippen MR) is 145 cm³/mol. The number of halogens is 2. The summed E-state index contributed by atoms with van der Waals surface area (Å²) in [6, 6.07) is 10.8. The SMILES string of the molecule is CN(C)CCN(C(=O)c1ccc(S(=O)(=O)N(C)C2CCCCC2)cc1)c1nc2c(F)cccc2s1.Cl. The first-order valence-corrected chi connectivity index (χ1v) is 14.0. The average Bonchev–Trinajstić information content (AvgIpc) is 3.29. The number of hydrogen-bond donors (Lipinski definition) is 0. The highest BCUT2D eigenvalue weighted by atomic mass is 35.5. The third-order valence-electron chi connectivity index (χ3n) is 6.47. The van der Waals surface area contributed by atoms with Crippen molar-refractivity contribution < 1.29 is 17.6 Å². The van der Waals surface area contributed by atoms with Crippen LogP contribution >= 0.6 is 23.7 Å². The molecule has 1 aliphatic carbocycles. The van der Waals surface area contributed by atoms with Crippen molar-refractivity contribution in [3.8, 4) is 0 Å². The monoisotopic (exact) mass is 554 g/mol. The molecular weight excluding hydrogens is 523 g/mol. The van der Waals surface area contributed by atoms with E-state index in [-0.39, 0.29) is 34.8 Å². The second-order valence-electron chi connectivity index (χ2n) is 9.18. The molecule has 11 heteroatoms. The van der Waals surface area contributed by atoms with Gasteiger partial charge in [0.05, 0.1) is 9.60 Å². The van der Waals surface area contributed by atoms with Crippen LogP contribution in [-0.2, 0) is 10.0 Å². The van der Waals surface area contributed by atoms with Crippen LogP contribution in [0.15, 0.2) is 47.4 Å². The lowest BCUT2D eigenvalue weighted by atomic mass is 9.96. The fourth-order valence-electron chi connectivity index (χ4n) is 4.34. The third-order valence-corrected chi connectivity index (χ3v) is 9.44. The number of anilines is 1. The molecule has 1 aliphatic rings. The number of amides is 1. The first-order chi connectivity index (χ1) is 16.7. The minimum Gasteiger partial charge on any atom is -0.308 e. The summed E-state index contributed by atoms with van der Waals surface area (Å²) in [5, 5.41) is 0.408. The molecule has 3 aromatic rings. The minimum atomic E-state index is -3.65. The van der Waals surface area contributed by atoms with Crippen LogP contribution < -0.4 is 4.90 Å².